The molecule has 7 N–H and O–H groups in total. The zero-order valence-corrected chi connectivity index (χ0v) is 40.3. The minimum Gasteiger partial charge on any atom is -0.394 e. The Bertz CT molecular complexity index is 999. The number of amides is 1. The van der Waals surface area contributed by atoms with Crippen molar-refractivity contribution in [3.63, 3.8) is 0 Å². The normalized spacial score (nSPS) is 20.8. The van der Waals surface area contributed by atoms with Gasteiger partial charge < -0.3 is 45.4 Å². The molecule has 0 radical (unpaired) electrons. The second-order valence-electron chi connectivity index (χ2n) is 18.8. The lowest BCUT2D eigenvalue weighted by atomic mass is 9.99. The molecule has 8 atom stereocenters. The molecule has 1 aliphatic heterocycles. The summed E-state index contributed by atoms with van der Waals surface area (Å²) in [4.78, 5) is 13.1. The van der Waals surface area contributed by atoms with E-state index in [9.17, 15) is 35.4 Å². The molecular weight excluding hydrogens is 783 g/mol. The number of hydrogen-bond acceptors (Lipinski definition) is 9. The zero-order chi connectivity index (χ0) is 45.3. The second kappa shape index (κ2) is 42.5. The monoisotopic (exact) mass is 884 g/mol. The maximum absolute atomic E-state index is 13.1. The van der Waals surface area contributed by atoms with Gasteiger partial charge in [0.15, 0.2) is 6.29 Å². The van der Waals surface area contributed by atoms with Crippen molar-refractivity contribution < 1.29 is 44.9 Å². The van der Waals surface area contributed by atoms with E-state index in [-0.39, 0.29) is 6.61 Å². The number of nitrogens with one attached hydrogen (secondary N) is 1. The van der Waals surface area contributed by atoms with Gasteiger partial charge in [0.1, 0.15) is 30.5 Å². The molecule has 0 saturated carbocycles. The number of hydrogen-bond donors (Lipinski definition) is 7. The first kappa shape index (κ1) is 58.9. The lowest BCUT2D eigenvalue weighted by Crippen LogP contribution is -2.60. The summed E-state index contributed by atoms with van der Waals surface area (Å²) in [6, 6.07) is -0.975. The summed E-state index contributed by atoms with van der Waals surface area (Å²) in [5, 5.41) is 64.8. The molecule has 0 aromatic heterocycles. The fraction of sp³-hybridized carbons (Fsp3) is 0.942. The number of aliphatic hydroxyl groups excluding tert-OH is 6. The Balaban J connectivity index is 2.26. The Labute approximate surface area is 380 Å². The van der Waals surface area contributed by atoms with Crippen molar-refractivity contribution in [2.75, 3.05) is 13.2 Å². The van der Waals surface area contributed by atoms with Gasteiger partial charge in [-0.25, -0.2) is 0 Å². The average molecular weight is 884 g/mol. The van der Waals surface area contributed by atoms with Gasteiger partial charge in [0.2, 0.25) is 5.91 Å². The lowest BCUT2D eigenvalue weighted by Gasteiger charge is -2.40. The summed E-state index contributed by atoms with van der Waals surface area (Å²) in [5.74, 6) is -0.612. The Morgan fingerprint density at radius 1 is 0.548 bits per heavy atom. The molecule has 0 bridgehead atoms. The van der Waals surface area contributed by atoms with E-state index in [1.807, 2.05) is 6.08 Å². The van der Waals surface area contributed by atoms with E-state index in [0.717, 1.165) is 44.9 Å². The van der Waals surface area contributed by atoms with Gasteiger partial charge in [0, 0.05) is 0 Å². The van der Waals surface area contributed by atoms with E-state index in [2.05, 4.69) is 19.2 Å². The highest BCUT2D eigenvalue weighted by Gasteiger charge is 2.44. The fourth-order valence-electron chi connectivity index (χ4n) is 8.64. The van der Waals surface area contributed by atoms with Crippen LogP contribution >= 0.6 is 0 Å². The molecule has 10 heteroatoms. The van der Waals surface area contributed by atoms with Crippen LogP contribution in [0.15, 0.2) is 12.2 Å². The van der Waals surface area contributed by atoms with Crippen molar-refractivity contribution in [1.82, 2.24) is 5.32 Å². The minimum absolute atomic E-state index is 0.301. The van der Waals surface area contributed by atoms with Gasteiger partial charge in [-0.3, -0.25) is 4.79 Å². The summed E-state index contributed by atoms with van der Waals surface area (Å²) in [6.45, 7) is 3.63. The molecule has 10 nitrogen and oxygen atoms in total. The van der Waals surface area contributed by atoms with Gasteiger partial charge in [-0.1, -0.05) is 244 Å². The van der Waals surface area contributed by atoms with Crippen LogP contribution in [0, 0.1) is 0 Å². The van der Waals surface area contributed by atoms with Crippen LogP contribution in [0.5, 0.6) is 0 Å². The summed E-state index contributed by atoms with van der Waals surface area (Å²) in [6.07, 6.45) is 40.2. The molecule has 0 aromatic rings. The van der Waals surface area contributed by atoms with Crippen molar-refractivity contribution >= 4 is 5.91 Å². The van der Waals surface area contributed by atoms with Gasteiger partial charge in [0.05, 0.1) is 25.4 Å². The molecule has 8 unspecified atom stereocenters. The molecule has 1 rings (SSSR count). The van der Waals surface area contributed by atoms with Crippen LogP contribution < -0.4 is 5.32 Å². The standard InChI is InChI=1S/C52H101NO9/c1-3-5-7-9-11-13-15-17-18-19-20-21-22-23-24-25-26-27-29-31-33-35-37-39-41-46(56)51(60)53-44(43-61-52-50(59)49(58)48(57)47(42-54)62-52)45(55)40-38-36-34-32-30-28-16-14-12-10-8-6-4-2/h38,40,44-50,52,54-59H,3-37,39,41-43H2,1-2H3,(H,53,60)/b40-38+. The third kappa shape index (κ3) is 31.7. The SMILES string of the molecule is CCCCCCCCCCCCC/C=C/C(O)C(COC1OC(CO)C(O)C(O)C1O)NC(=O)C(O)CCCCCCCCCCCCCCCCCCCCCCCCCC. The lowest BCUT2D eigenvalue weighted by molar-refractivity contribution is -0.302. The molecule has 0 aliphatic carbocycles. The predicted molar refractivity (Wildman–Crippen MR) is 255 cm³/mol. The average Bonchev–Trinajstić information content (AvgIpc) is 3.27. The number of aliphatic hydroxyl groups is 6. The Morgan fingerprint density at radius 3 is 1.31 bits per heavy atom. The molecule has 62 heavy (non-hydrogen) atoms. The molecule has 0 spiro atoms. The van der Waals surface area contributed by atoms with Crippen LogP contribution in [-0.4, -0.2) is 98.7 Å². The van der Waals surface area contributed by atoms with Crippen LogP contribution in [0.3, 0.4) is 0 Å². The zero-order valence-electron chi connectivity index (χ0n) is 40.3. The Kier molecular flexibility index (Phi) is 40.4. The van der Waals surface area contributed by atoms with Gasteiger partial charge >= 0.3 is 0 Å². The van der Waals surface area contributed by atoms with E-state index < -0.39 is 61.5 Å². The first-order valence-electron chi connectivity index (χ1n) is 26.5. The van der Waals surface area contributed by atoms with E-state index in [1.54, 1.807) is 6.08 Å². The van der Waals surface area contributed by atoms with Crippen LogP contribution in [0.2, 0.25) is 0 Å². The third-order valence-corrected chi connectivity index (χ3v) is 13.0. The smallest absolute Gasteiger partial charge is 0.249 e. The van der Waals surface area contributed by atoms with Gasteiger partial charge in [-0.2, -0.15) is 0 Å². The molecule has 0 aromatic carbocycles. The number of ether oxygens (including phenoxy) is 2. The van der Waals surface area contributed by atoms with Crippen molar-refractivity contribution in [1.29, 1.82) is 0 Å². The molecule has 368 valence electrons. The van der Waals surface area contributed by atoms with Crippen molar-refractivity contribution in [3.8, 4) is 0 Å². The van der Waals surface area contributed by atoms with E-state index >= 15 is 0 Å². The number of carbonyl (C=O) groups excluding carboxylic acids is 1. The topological polar surface area (TPSA) is 169 Å². The molecule has 1 aliphatic rings. The fourth-order valence-corrected chi connectivity index (χ4v) is 8.64. The number of rotatable bonds is 45. The maximum atomic E-state index is 13.1. The van der Waals surface area contributed by atoms with E-state index in [1.165, 1.54) is 186 Å². The quantitative estimate of drug-likeness (QED) is 0.0232. The highest BCUT2D eigenvalue weighted by Crippen LogP contribution is 2.23. The van der Waals surface area contributed by atoms with Crippen LogP contribution in [0.1, 0.15) is 251 Å². The second-order valence-corrected chi connectivity index (χ2v) is 18.8. The molecule has 1 amide bonds. The summed E-state index contributed by atoms with van der Waals surface area (Å²) in [7, 11) is 0. The van der Waals surface area contributed by atoms with E-state index in [4.69, 9.17) is 9.47 Å². The van der Waals surface area contributed by atoms with Gasteiger partial charge in [-0.05, 0) is 19.3 Å². The first-order valence-corrected chi connectivity index (χ1v) is 26.5. The first-order chi connectivity index (χ1) is 30.3. The number of allylic oxidation sites excluding steroid dienone is 1. The Hall–Kier alpha value is -1.11. The van der Waals surface area contributed by atoms with Gasteiger partial charge in [-0.15, -0.1) is 0 Å². The molecule has 1 saturated heterocycles. The maximum Gasteiger partial charge on any atom is 0.249 e. The van der Waals surface area contributed by atoms with E-state index in [0.29, 0.717) is 6.42 Å². The van der Waals surface area contributed by atoms with Crippen LogP contribution in [-0.2, 0) is 14.3 Å². The minimum atomic E-state index is -1.61. The molecule has 1 heterocycles. The highest BCUT2D eigenvalue weighted by atomic mass is 16.7. The molecule has 1 fully saturated rings. The number of unbranched alkanes of at least 4 members (excludes halogenated alkanes) is 34. The van der Waals surface area contributed by atoms with Gasteiger partial charge in [0.25, 0.3) is 0 Å². The van der Waals surface area contributed by atoms with Crippen molar-refractivity contribution in [3.05, 3.63) is 12.2 Å². The largest absolute Gasteiger partial charge is 0.394 e. The summed E-state index contributed by atoms with van der Waals surface area (Å²) >= 11 is 0. The van der Waals surface area contributed by atoms with Crippen molar-refractivity contribution in [2.45, 2.75) is 300 Å². The van der Waals surface area contributed by atoms with Crippen LogP contribution in [0.4, 0.5) is 0 Å². The van der Waals surface area contributed by atoms with Crippen LogP contribution in [0.25, 0.3) is 0 Å². The van der Waals surface area contributed by atoms with Crippen molar-refractivity contribution in [2.24, 2.45) is 0 Å². The highest BCUT2D eigenvalue weighted by molar-refractivity contribution is 5.80. The third-order valence-electron chi connectivity index (χ3n) is 13.0. The predicted octanol–water partition coefficient (Wildman–Crippen LogP) is 11.0. The summed E-state index contributed by atoms with van der Waals surface area (Å²) < 4.78 is 11.2. The number of carbonyl (C=O) groups is 1. The Morgan fingerprint density at radius 2 is 0.919 bits per heavy atom. The molecular formula is C52H101NO9. The summed E-state index contributed by atoms with van der Waals surface area (Å²) in [5.41, 5.74) is 0.